The highest BCUT2D eigenvalue weighted by Crippen LogP contribution is 2.27. The fourth-order valence-corrected chi connectivity index (χ4v) is 2.41. The standard InChI is InChI=1S/C17H25N3O2/c1-4-22-15-10-9-13(11-16(15)21-3)12-19-17(18-2)20-14-7-5-6-8-14/h5-6,9-11,14H,4,7-8,12H2,1-3H3,(H2,18,19,20). The third-order valence-electron chi connectivity index (χ3n) is 3.56. The summed E-state index contributed by atoms with van der Waals surface area (Å²) in [5, 5.41) is 6.75. The molecule has 0 heterocycles. The van der Waals surface area contributed by atoms with Gasteiger partial charge >= 0.3 is 0 Å². The molecule has 0 unspecified atom stereocenters. The SMILES string of the molecule is CCOc1ccc(CNC(=NC)NC2CC=CC2)cc1OC. The zero-order valence-electron chi connectivity index (χ0n) is 13.6. The molecule has 1 aliphatic rings. The highest BCUT2D eigenvalue weighted by Gasteiger charge is 2.12. The molecule has 120 valence electrons. The molecule has 0 spiro atoms. The Balaban J connectivity index is 1.92. The topological polar surface area (TPSA) is 54.9 Å². The number of rotatable bonds is 6. The smallest absolute Gasteiger partial charge is 0.191 e. The lowest BCUT2D eigenvalue weighted by molar-refractivity contribution is 0.310. The number of ether oxygens (including phenoxy) is 2. The fourth-order valence-electron chi connectivity index (χ4n) is 2.41. The molecule has 0 amide bonds. The Morgan fingerprint density at radius 1 is 1.27 bits per heavy atom. The summed E-state index contributed by atoms with van der Waals surface area (Å²) >= 11 is 0. The van der Waals surface area contributed by atoms with Crippen LogP contribution in [0.4, 0.5) is 0 Å². The maximum absolute atomic E-state index is 5.53. The molecule has 5 nitrogen and oxygen atoms in total. The van der Waals surface area contributed by atoms with E-state index in [2.05, 4.69) is 27.8 Å². The molecule has 0 fully saturated rings. The van der Waals surface area contributed by atoms with E-state index in [1.165, 1.54) is 0 Å². The molecule has 0 saturated carbocycles. The summed E-state index contributed by atoms with van der Waals surface area (Å²) in [4.78, 5) is 4.27. The largest absolute Gasteiger partial charge is 0.493 e. The van der Waals surface area contributed by atoms with Crippen molar-refractivity contribution in [1.82, 2.24) is 10.6 Å². The summed E-state index contributed by atoms with van der Waals surface area (Å²) in [7, 11) is 3.44. The van der Waals surface area contributed by atoms with Crippen molar-refractivity contribution < 1.29 is 9.47 Å². The van der Waals surface area contributed by atoms with Crippen molar-refractivity contribution in [3.8, 4) is 11.5 Å². The van der Waals surface area contributed by atoms with Crippen LogP contribution in [-0.4, -0.2) is 32.8 Å². The first-order valence-electron chi connectivity index (χ1n) is 7.68. The minimum absolute atomic E-state index is 0.445. The van der Waals surface area contributed by atoms with Gasteiger partial charge in [-0.25, -0.2) is 0 Å². The molecule has 1 aromatic rings. The van der Waals surface area contributed by atoms with Gasteiger partial charge in [0.25, 0.3) is 0 Å². The van der Waals surface area contributed by atoms with E-state index in [1.54, 1.807) is 14.2 Å². The molecule has 0 aromatic heterocycles. The van der Waals surface area contributed by atoms with Crippen molar-refractivity contribution in [3.63, 3.8) is 0 Å². The lowest BCUT2D eigenvalue weighted by Gasteiger charge is -2.17. The average Bonchev–Trinajstić information content (AvgIpc) is 3.05. The number of aliphatic imine (C=N–C) groups is 1. The van der Waals surface area contributed by atoms with Gasteiger partial charge in [0.15, 0.2) is 17.5 Å². The summed E-state index contributed by atoms with van der Waals surface area (Å²) < 4.78 is 10.9. The van der Waals surface area contributed by atoms with Gasteiger partial charge in [-0.1, -0.05) is 18.2 Å². The zero-order chi connectivity index (χ0) is 15.8. The first-order valence-corrected chi connectivity index (χ1v) is 7.68. The molecule has 5 heteroatoms. The Hall–Kier alpha value is -2.17. The third kappa shape index (κ3) is 4.41. The second-order valence-electron chi connectivity index (χ2n) is 5.13. The Labute approximate surface area is 132 Å². The molecular formula is C17H25N3O2. The maximum Gasteiger partial charge on any atom is 0.191 e. The van der Waals surface area contributed by atoms with Gasteiger partial charge in [-0.15, -0.1) is 0 Å². The average molecular weight is 303 g/mol. The minimum atomic E-state index is 0.445. The number of hydrogen-bond acceptors (Lipinski definition) is 3. The van der Waals surface area contributed by atoms with Crippen LogP contribution >= 0.6 is 0 Å². The van der Waals surface area contributed by atoms with E-state index in [4.69, 9.17) is 9.47 Å². The first kappa shape index (κ1) is 16.2. The maximum atomic E-state index is 5.53. The van der Waals surface area contributed by atoms with Crippen LogP contribution in [0, 0.1) is 0 Å². The molecule has 0 aliphatic heterocycles. The first-order chi connectivity index (χ1) is 10.8. The predicted molar refractivity (Wildman–Crippen MR) is 89.7 cm³/mol. The van der Waals surface area contributed by atoms with Crippen LogP contribution in [-0.2, 0) is 6.54 Å². The summed E-state index contributed by atoms with van der Waals surface area (Å²) in [6, 6.07) is 6.41. The van der Waals surface area contributed by atoms with E-state index < -0.39 is 0 Å². The van der Waals surface area contributed by atoms with E-state index >= 15 is 0 Å². The highest BCUT2D eigenvalue weighted by molar-refractivity contribution is 5.80. The fraction of sp³-hybridized carbons (Fsp3) is 0.471. The van der Waals surface area contributed by atoms with E-state index in [0.717, 1.165) is 35.9 Å². The van der Waals surface area contributed by atoms with Gasteiger partial charge in [-0.3, -0.25) is 4.99 Å². The molecule has 0 saturated heterocycles. The number of nitrogens with zero attached hydrogens (tertiary/aromatic N) is 1. The number of methoxy groups -OCH3 is 1. The van der Waals surface area contributed by atoms with Crippen LogP contribution in [0.25, 0.3) is 0 Å². The van der Waals surface area contributed by atoms with Crippen LogP contribution in [0.1, 0.15) is 25.3 Å². The van der Waals surface area contributed by atoms with Gasteiger partial charge in [-0.2, -0.15) is 0 Å². The molecule has 2 rings (SSSR count). The molecular weight excluding hydrogens is 278 g/mol. The van der Waals surface area contributed by atoms with Crippen LogP contribution in [0.15, 0.2) is 35.3 Å². The van der Waals surface area contributed by atoms with E-state index in [-0.39, 0.29) is 0 Å². The molecule has 0 atom stereocenters. The second-order valence-corrected chi connectivity index (χ2v) is 5.13. The molecule has 1 aliphatic carbocycles. The van der Waals surface area contributed by atoms with Crippen molar-refractivity contribution in [2.75, 3.05) is 20.8 Å². The normalized spacial score (nSPS) is 15.0. The summed E-state index contributed by atoms with van der Waals surface area (Å²) in [6.45, 7) is 3.27. The molecule has 22 heavy (non-hydrogen) atoms. The number of guanidine groups is 1. The van der Waals surface area contributed by atoms with Crippen molar-refractivity contribution >= 4 is 5.96 Å². The lowest BCUT2D eigenvalue weighted by Crippen LogP contribution is -2.42. The Morgan fingerprint density at radius 3 is 2.68 bits per heavy atom. The lowest BCUT2D eigenvalue weighted by atomic mass is 10.2. The van der Waals surface area contributed by atoms with E-state index in [1.807, 2.05) is 25.1 Å². The van der Waals surface area contributed by atoms with Gasteiger partial charge in [-0.05, 0) is 37.5 Å². The second kappa shape index (κ2) is 8.32. The summed E-state index contributed by atoms with van der Waals surface area (Å²) in [6.07, 6.45) is 6.50. The van der Waals surface area contributed by atoms with Crippen molar-refractivity contribution in [1.29, 1.82) is 0 Å². The molecule has 0 radical (unpaired) electrons. The van der Waals surface area contributed by atoms with Crippen LogP contribution in [0.5, 0.6) is 11.5 Å². The van der Waals surface area contributed by atoms with Crippen molar-refractivity contribution in [3.05, 3.63) is 35.9 Å². The Kier molecular flexibility index (Phi) is 6.13. The van der Waals surface area contributed by atoms with Crippen molar-refractivity contribution in [2.24, 2.45) is 4.99 Å². The number of hydrogen-bond donors (Lipinski definition) is 2. The predicted octanol–water partition coefficient (Wildman–Crippen LogP) is 2.48. The number of nitrogens with one attached hydrogen (secondary N) is 2. The highest BCUT2D eigenvalue weighted by atomic mass is 16.5. The molecule has 1 aromatic carbocycles. The van der Waals surface area contributed by atoms with Gasteiger partial charge < -0.3 is 20.1 Å². The van der Waals surface area contributed by atoms with Gasteiger partial charge in [0, 0.05) is 19.6 Å². The quantitative estimate of drug-likeness (QED) is 0.481. The third-order valence-corrected chi connectivity index (χ3v) is 3.56. The summed E-state index contributed by atoms with van der Waals surface area (Å²) in [5.74, 6) is 2.35. The van der Waals surface area contributed by atoms with E-state index in [0.29, 0.717) is 19.2 Å². The van der Waals surface area contributed by atoms with Crippen LogP contribution in [0.2, 0.25) is 0 Å². The van der Waals surface area contributed by atoms with Crippen molar-refractivity contribution in [2.45, 2.75) is 32.4 Å². The van der Waals surface area contributed by atoms with Gasteiger partial charge in [0.1, 0.15) is 0 Å². The molecule has 0 bridgehead atoms. The van der Waals surface area contributed by atoms with Gasteiger partial charge in [0.05, 0.1) is 13.7 Å². The van der Waals surface area contributed by atoms with E-state index in [9.17, 15) is 0 Å². The van der Waals surface area contributed by atoms with Crippen LogP contribution in [0.3, 0.4) is 0 Å². The minimum Gasteiger partial charge on any atom is -0.493 e. The molecule has 2 N–H and O–H groups in total. The Morgan fingerprint density at radius 2 is 2.05 bits per heavy atom. The Bertz CT molecular complexity index is 533. The zero-order valence-corrected chi connectivity index (χ0v) is 13.6. The van der Waals surface area contributed by atoms with Gasteiger partial charge in [0.2, 0.25) is 0 Å². The summed E-state index contributed by atoms with van der Waals surface area (Å²) in [5.41, 5.74) is 1.12. The number of benzene rings is 1. The van der Waals surface area contributed by atoms with Crippen LogP contribution < -0.4 is 20.1 Å². The monoisotopic (exact) mass is 303 g/mol.